The van der Waals surface area contributed by atoms with Crippen molar-refractivity contribution in [1.29, 1.82) is 0 Å². The van der Waals surface area contributed by atoms with Crippen LogP contribution in [0.15, 0.2) is 72.8 Å². The van der Waals surface area contributed by atoms with E-state index in [-0.39, 0.29) is 12.2 Å². The number of hydrogen-bond acceptors (Lipinski definition) is 0. The maximum atomic E-state index is 7.52. The van der Waals surface area contributed by atoms with Crippen LogP contribution < -0.4 is 0 Å². The molecule has 2 aromatic rings. The van der Waals surface area contributed by atoms with Crippen molar-refractivity contribution in [2.45, 2.75) is 27.5 Å². The van der Waals surface area contributed by atoms with Gasteiger partial charge in [0.2, 0.25) is 0 Å². The quantitative estimate of drug-likeness (QED) is 0.445. The molecule has 2 aliphatic rings. The van der Waals surface area contributed by atoms with E-state index in [0.717, 1.165) is 0 Å². The van der Waals surface area contributed by atoms with Gasteiger partial charge in [-0.25, -0.2) is 0 Å². The molecule has 0 fully saturated rings. The fourth-order valence-corrected chi connectivity index (χ4v) is 20.5. The molecule has 0 atom stereocenters. The van der Waals surface area contributed by atoms with Crippen molar-refractivity contribution < 1.29 is 17.9 Å². The van der Waals surface area contributed by atoms with Crippen LogP contribution in [0.5, 0.6) is 0 Å². The third-order valence-corrected chi connectivity index (χ3v) is 20.8. The molecule has 0 saturated heterocycles. The SMILES string of the molecule is CC(C)(C)[C]1([Zr]([Cl])([Cl])[CH]2c3ccccc3-c3ccccc32)C=CC=C1. The van der Waals surface area contributed by atoms with Crippen LogP contribution in [0.2, 0.25) is 3.12 Å². The zero-order valence-corrected chi connectivity index (χ0v) is 18.7. The van der Waals surface area contributed by atoms with Crippen molar-refractivity contribution in [1.82, 2.24) is 0 Å². The van der Waals surface area contributed by atoms with Crippen molar-refractivity contribution in [2.75, 3.05) is 0 Å². The Kier molecular flexibility index (Phi) is 4.23. The molecule has 0 unspecified atom stereocenters. The molecule has 3 heteroatoms. The van der Waals surface area contributed by atoms with E-state index in [4.69, 9.17) is 17.0 Å². The summed E-state index contributed by atoms with van der Waals surface area (Å²) in [7, 11) is 15.0. The van der Waals surface area contributed by atoms with E-state index in [1.807, 2.05) is 0 Å². The van der Waals surface area contributed by atoms with E-state index in [2.05, 4.69) is 93.6 Å². The predicted molar refractivity (Wildman–Crippen MR) is 106 cm³/mol. The Morgan fingerprint density at radius 3 is 1.68 bits per heavy atom. The molecule has 0 heterocycles. The molecule has 2 aliphatic carbocycles. The van der Waals surface area contributed by atoms with Gasteiger partial charge >= 0.3 is 163 Å². The number of fused-ring (bicyclic) bond motifs is 3. The standard InChI is InChI=1S/C13H9.C9H13.2ClH.Zr/c1-3-7-12-10(5-1)9-11-6-2-4-8-13(11)12;1-9(2,3)8-6-4-5-7-8;;;/h1-9H;4-7H,1-3H3;2*1H;/q;;;;+2/p-2. The van der Waals surface area contributed by atoms with Crippen molar-refractivity contribution in [3.05, 3.63) is 84.0 Å². The zero-order chi connectivity index (χ0) is 17.9. The molecule has 0 saturated carbocycles. The predicted octanol–water partition coefficient (Wildman–Crippen LogP) is 7.55. The van der Waals surface area contributed by atoms with Crippen molar-refractivity contribution in [2.24, 2.45) is 5.41 Å². The summed E-state index contributed by atoms with van der Waals surface area (Å²) in [5.41, 5.74) is 5.17. The van der Waals surface area contributed by atoms with Crippen LogP contribution >= 0.6 is 17.0 Å². The Labute approximate surface area is 162 Å². The molecule has 0 nitrogen and oxygen atoms in total. The second kappa shape index (κ2) is 5.95. The molecule has 25 heavy (non-hydrogen) atoms. The van der Waals surface area contributed by atoms with Crippen LogP contribution in [0.4, 0.5) is 0 Å². The average Bonchev–Trinajstić information content (AvgIpc) is 3.19. The minimum absolute atomic E-state index is 0.0252. The third-order valence-electron chi connectivity index (χ3n) is 5.82. The van der Waals surface area contributed by atoms with Crippen LogP contribution in [0.3, 0.4) is 0 Å². The van der Waals surface area contributed by atoms with Gasteiger partial charge in [0, 0.05) is 0 Å². The fourth-order valence-electron chi connectivity index (χ4n) is 4.48. The topological polar surface area (TPSA) is 0 Å². The summed E-state index contributed by atoms with van der Waals surface area (Å²) < 4.78 is -0.100. The molecule has 0 bridgehead atoms. The summed E-state index contributed by atoms with van der Waals surface area (Å²) in [6.45, 7) is 6.78. The summed E-state index contributed by atoms with van der Waals surface area (Å²) in [5.74, 6) is 0. The summed E-state index contributed by atoms with van der Waals surface area (Å²) in [4.78, 5) is 0. The van der Waals surface area contributed by atoms with Crippen molar-refractivity contribution in [3.8, 4) is 11.1 Å². The molecule has 128 valence electrons. The Morgan fingerprint density at radius 1 is 0.800 bits per heavy atom. The first-order valence-electron chi connectivity index (χ1n) is 8.73. The summed E-state index contributed by atoms with van der Waals surface area (Å²) in [6, 6.07) is 17.3. The summed E-state index contributed by atoms with van der Waals surface area (Å²) in [5, 5.41) is 0. The second-order valence-electron chi connectivity index (χ2n) is 8.07. The Hall–Kier alpha value is -0.617. The minimum atomic E-state index is -3.80. The Morgan fingerprint density at radius 2 is 1.24 bits per heavy atom. The summed E-state index contributed by atoms with van der Waals surface area (Å²) >= 11 is -3.80. The van der Waals surface area contributed by atoms with Crippen molar-refractivity contribution in [3.63, 3.8) is 0 Å². The molecule has 0 aromatic heterocycles. The van der Waals surface area contributed by atoms with Gasteiger partial charge in [-0.1, -0.05) is 0 Å². The summed E-state index contributed by atoms with van der Waals surface area (Å²) in [6.07, 6.45) is 8.78. The van der Waals surface area contributed by atoms with Crippen LogP contribution in [-0.4, -0.2) is 0 Å². The maximum absolute atomic E-state index is 7.52. The van der Waals surface area contributed by atoms with E-state index in [0.29, 0.717) is 0 Å². The number of benzene rings is 2. The zero-order valence-electron chi connectivity index (χ0n) is 14.8. The molecule has 0 aliphatic heterocycles. The number of halogens is 2. The van der Waals surface area contributed by atoms with Gasteiger partial charge in [0.1, 0.15) is 0 Å². The van der Waals surface area contributed by atoms with E-state index in [1.54, 1.807) is 0 Å². The van der Waals surface area contributed by atoms with Gasteiger partial charge in [0.25, 0.3) is 0 Å². The molecular weight excluding hydrogens is 426 g/mol. The van der Waals surface area contributed by atoms with Gasteiger partial charge in [-0.15, -0.1) is 0 Å². The number of rotatable bonds is 2. The van der Waals surface area contributed by atoms with Crippen LogP contribution in [-0.2, 0) is 17.9 Å². The molecule has 2 aromatic carbocycles. The van der Waals surface area contributed by atoms with E-state index in [1.165, 1.54) is 22.3 Å². The first kappa shape index (κ1) is 17.8. The first-order valence-corrected chi connectivity index (χ1v) is 17.7. The van der Waals surface area contributed by atoms with E-state index >= 15 is 0 Å². The molecule has 0 radical (unpaired) electrons. The van der Waals surface area contributed by atoms with Gasteiger partial charge in [-0.3, -0.25) is 0 Å². The Balaban J connectivity index is 1.98. The van der Waals surface area contributed by atoms with Gasteiger partial charge in [-0.2, -0.15) is 0 Å². The third kappa shape index (κ3) is 2.43. The van der Waals surface area contributed by atoms with Crippen LogP contribution in [0, 0.1) is 5.41 Å². The first-order chi connectivity index (χ1) is 11.8. The molecule has 0 N–H and O–H groups in total. The van der Waals surface area contributed by atoms with Crippen molar-refractivity contribution >= 4 is 17.0 Å². The Bertz CT molecular complexity index is 829. The average molecular weight is 449 g/mol. The molecule has 4 rings (SSSR count). The number of hydrogen-bond donors (Lipinski definition) is 0. The molecule has 0 amide bonds. The van der Waals surface area contributed by atoms with Gasteiger partial charge in [0.15, 0.2) is 0 Å². The van der Waals surface area contributed by atoms with E-state index < -0.39 is 17.9 Å². The van der Waals surface area contributed by atoms with Gasteiger partial charge in [-0.05, 0) is 0 Å². The number of allylic oxidation sites excluding steroid dienone is 4. The van der Waals surface area contributed by atoms with Gasteiger partial charge < -0.3 is 0 Å². The fraction of sp³-hybridized carbons (Fsp3) is 0.273. The molecular formula is C22H22Cl2Zr. The van der Waals surface area contributed by atoms with Crippen LogP contribution in [0.1, 0.15) is 35.5 Å². The van der Waals surface area contributed by atoms with Crippen LogP contribution in [0.25, 0.3) is 11.1 Å². The second-order valence-corrected chi connectivity index (χ2v) is 22.8. The monoisotopic (exact) mass is 446 g/mol. The normalized spacial score (nSPS) is 18.4. The molecule has 0 spiro atoms. The van der Waals surface area contributed by atoms with Gasteiger partial charge in [0.05, 0.1) is 0 Å². The van der Waals surface area contributed by atoms with E-state index in [9.17, 15) is 0 Å².